The maximum absolute atomic E-state index is 12.4. The number of fused-ring (bicyclic) bond motifs is 1. The number of rotatable bonds is 3. The van der Waals surface area contributed by atoms with Gasteiger partial charge in [-0.25, -0.2) is 0 Å². The van der Waals surface area contributed by atoms with E-state index in [0.717, 1.165) is 35.5 Å². The summed E-state index contributed by atoms with van der Waals surface area (Å²) in [4.78, 5) is 16.4. The van der Waals surface area contributed by atoms with Crippen LogP contribution in [0.3, 0.4) is 0 Å². The van der Waals surface area contributed by atoms with Gasteiger partial charge >= 0.3 is 0 Å². The molecule has 1 aromatic carbocycles. The van der Waals surface area contributed by atoms with Gasteiger partial charge in [-0.3, -0.25) is 9.89 Å². The molecule has 0 radical (unpaired) electrons. The highest BCUT2D eigenvalue weighted by molar-refractivity contribution is 5.79. The predicted molar refractivity (Wildman–Crippen MR) is 82.2 cm³/mol. The molecule has 0 unspecified atom stereocenters. The van der Waals surface area contributed by atoms with Crippen LogP contribution in [0, 0.1) is 0 Å². The number of aromatic amines is 1. The first kappa shape index (κ1) is 13.7. The van der Waals surface area contributed by atoms with E-state index in [1.165, 1.54) is 0 Å². The van der Waals surface area contributed by atoms with E-state index in [4.69, 9.17) is 0 Å². The van der Waals surface area contributed by atoms with Crippen molar-refractivity contribution in [1.29, 1.82) is 0 Å². The molecule has 0 atom stereocenters. The second-order valence-electron chi connectivity index (χ2n) is 5.68. The lowest BCUT2D eigenvalue weighted by Crippen LogP contribution is -2.36. The molecular formula is C16H20N4O. The minimum Gasteiger partial charge on any atom is -0.378 e. The van der Waals surface area contributed by atoms with Crippen LogP contribution >= 0.6 is 0 Å². The van der Waals surface area contributed by atoms with Crippen molar-refractivity contribution in [3.05, 3.63) is 47.3 Å². The van der Waals surface area contributed by atoms with E-state index in [1.54, 1.807) is 0 Å². The monoisotopic (exact) mass is 284 g/mol. The number of amides is 1. The Balaban J connectivity index is 1.64. The van der Waals surface area contributed by atoms with Crippen LogP contribution in [0.2, 0.25) is 0 Å². The van der Waals surface area contributed by atoms with Gasteiger partial charge in [0.1, 0.15) is 0 Å². The van der Waals surface area contributed by atoms with Gasteiger partial charge < -0.3 is 9.80 Å². The van der Waals surface area contributed by atoms with Gasteiger partial charge in [-0.1, -0.05) is 12.1 Å². The van der Waals surface area contributed by atoms with Crippen LogP contribution in [0.1, 0.15) is 16.8 Å². The Hall–Kier alpha value is -2.30. The zero-order chi connectivity index (χ0) is 14.8. The van der Waals surface area contributed by atoms with Crippen LogP contribution in [-0.2, 0) is 24.2 Å². The number of carbonyl (C=O) groups is 1. The van der Waals surface area contributed by atoms with Crippen LogP contribution in [0.15, 0.2) is 30.5 Å². The maximum atomic E-state index is 12.4. The number of benzene rings is 1. The number of hydrogen-bond donors (Lipinski definition) is 1. The maximum Gasteiger partial charge on any atom is 0.227 e. The SMILES string of the molecule is CN(C)c1ccc(CC(=O)N2CCc3[nH]ncc3C2)cc1. The normalized spacial score (nSPS) is 13.9. The van der Waals surface area contributed by atoms with Gasteiger partial charge in [-0.15, -0.1) is 0 Å². The molecular weight excluding hydrogens is 264 g/mol. The van der Waals surface area contributed by atoms with Gasteiger partial charge in [0.25, 0.3) is 0 Å². The minimum atomic E-state index is 0.180. The van der Waals surface area contributed by atoms with Crippen molar-refractivity contribution in [2.75, 3.05) is 25.5 Å². The molecule has 21 heavy (non-hydrogen) atoms. The highest BCUT2D eigenvalue weighted by Crippen LogP contribution is 2.18. The lowest BCUT2D eigenvalue weighted by molar-refractivity contribution is -0.131. The summed E-state index contributed by atoms with van der Waals surface area (Å²) in [5.41, 5.74) is 4.50. The van der Waals surface area contributed by atoms with Crippen molar-refractivity contribution < 1.29 is 4.79 Å². The summed E-state index contributed by atoms with van der Waals surface area (Å²) in [6.45, 7) is 1.43. The molecule has 1 aromatic heterocycles. The van der Waals surface area contributed by atoms with E-state index in [9.17, 15) is 4.79 Å². The molecule has 1 aliphatic heterocycles. The predicted octanol–water partition coefficient (Wildman–Crippen LogP) is 1.60. The zero-order valence-electron chi connectivity index (χ0n) is 12.5. The third-order valence-corrected chi connectivity index (χ3v) is 3.96. The van der Waals surface area contributed by atoms with Crippen LogP contribution in [0.25, 0.3) is 0 Å². The van der Waals surface area contributed by atoms with E-state index in [1.807, 2.05) is 49.5 Å². The molecule has 1 N–H and O–H groups in total. The highest BCUT2D eigenvalue weighted by atomic mass is 16.2. The van der Waals surface area contributed by atoms with E-state index in [-0.39, 0.29) is 5.91 Å². The van der Waals surface area contributed by atoms with Crippen LogP contribution < -0.4 is 4.90 Å². The van der Waals surface area contributed by atoms with Gasteiger partial charge in [0.05, 0.1) is 12.6 Å². The average molecular weight is 284 g/mol. The van der Waals surface area contributed by atoms with Crippen LogP contribution in [0.4, 0.5) is 5.69 Å². The molecule has 0 saturated heterocycles. The van der Waals surface area contributed by atoms with Crippen molar-refractivity contribution in [1.82, 2.24) is 15.1 Å². The third-order valence-electron chi connectivity index (χ3n) is 3.96. The molecule has 0 saturated carbocycles. The van der Waals surface area contributed by atoms with Gasteiger partial charge in [-0.05, 0) is 17.7 Å². The Labute approximate surface area is 124 Å². The second kappa shape index (κ2) is 5.60. The molecule has 3 rings (SSSR count). The van der Waals surface area contributed by atoms with Crippen molar-refractivity contribution in [3.8, 4) is 0 Å². The van der Waals surface area contributed by atoms with E-state index in [2.05, 4.69) is 15.1 Å². The van der Waals surface area contributed by atoms with Crippen molar-refractivity contribution in [2.45, 2.75) is 19.4 Å². The Morgan fingerprint density at radius 1 is 1.33 bits per heavy atom. The van der Waals surface area contributed by atoms with E-state index >= 15 is 0 Å². The van der Waals surface area contributed by atoms with E-state index in [0.29, 0.717) is 13.0 Å². The molecule has 2 aromatic rings. The third kappa shape index (κ3) is 2.91. The molecule has 1 amide bonds. The fourth-order valence-electron chi connectivity index (χ4n) is 2.63. The summed E-state index contributed by atoms with van der Waals surface area (Å²) in [7, 11) is 4.02. The number of nitrogens with zero attached hydrogens (tertiary/aromatic N) is 3. The highest BCUT2D eigenvalue weighted by Gasteiger charge is 2.21. The first-order valence-corrected chi connectivity index (χ1v) is 7.18. The fourth-order valence-corrected chi connectivity index (χ4v) is 2.63. The zero-order valence-corrected chi connectivity index (χ0v) is 12.5. The summed E-state index contributed by atoms with van der Waals surface area (Å²) < 4.78 is 0. The van der Waals surface area contributed by atoms with Crippen LogP contribution in [0.5, 0.6) is 0 Å². The van der Waals surface area contributed by atoms with Crippen molar-refractivity contribution in [3.63, 3.8) is 0 Å². The number of anilines is 1. The lowest BCUT2D eigenvalue weighted by Gasteiger charge is -2.26. The largest absolute Gasteiger partial charge is 0.378 e. The Bertz CT molecular complexity index is 630. The fraction of sp³-hybridized carbons (Fsp3) is 0.375. The Morgan fingerprint density at radius 2 is 2.10 bits per heavy atom. The van der Waals surface area contributed by atoms with Crippen molar-refractivity contribution in [2.24, 2.45) is 0 Å². The van der Waals surface area contributed by atoms with E-state index < -0.39 is 0 Å². The first-order valence-electron chi connectivity index (χ1n) is 7.18. The van der Waals surface area contributed by atoms with Gasteiger partial charge in [0.15, 0.2) is 0 Å². The topological polar surface area (TPSA) is 52.2 Å². The Morgan fingerprint density at radius 3 is 2.81 bits per heavy atom. The number of carbonyl (C=O) groups excluding carboxylic acids is 1. The summed E-state index contributed by atoms with van der Waals surface area (Å²) in [5.74, 6) is 0.180. The number of aromatic nitrogens is 2. The minimum absolute atomic E-state index is 0.180. The quantitative estimate of drug-likeness (QED) is 0.931. The van der Waals surface area contributed by atoms with Gasteiger partial charge in [-0.2, -0.15) is 5.10 Å². The summed E-state index contributed by atoms with van der Waals surface area (Å²) >= 11 is 0. The van der Waals surface area contributed by atoms with Gasteiger partial charge in [0, 0.05) is 50.6 Å². The molecule has 110 valence electrons. The molecule has 5 nitrogen and oxygen atoms in total. The molecule has 2 heterocycles. The lowest BCUT2D eigenvalue weighted by atomic mass is 10.1. The number of hydrogen-bond acceptors (Lipinski definition) is 3. The Kier molecular flexibility index (Phi) is 3.64. The molecule has 0 bridgehead atoms. The summed E-state index contributed by atoms with van der Waals surface area (Å²) in [6, 6.07) is 8.15. The molecule has 5 heteroatoms. The average Bonchev–Trinajstić information content (AvgIpc) is 2.95. The van der Waals surface area contributed by atoms with Crippen LogP contribution in [-0.4, -0.2) is 41.6 Å². The standard InChI is InChI=1S/C16H20N4O/c1-19(2)14-5-3-12(4-6-14)9-16(21)20-8-7-15-13(11-20)10-17-18-15/h3-6,10H,7-9,11H2,1-2H3,(H,17,18). The molecule has 0 aliphatic carbocycles. The summed E-state index contributed by atoms with van der Waals surface area (Å²) in [6.07, 6.45) is 3.14. The molecule has 0 spiro atoms. The van der Waals surface area contributed by atoms with Crippen molar-refractivity contribution >= 4 is 11.6 Å². The number of nitrogens with one attached hydrogen (secondary N) is 1. The number of H-pyrrole nitrogens is 1. The van der Waals surface area contributed by atoms with Gasteiger partial charge in [0.2, 0.25) is 5.91 Å². The molecule has 1 aliphatic rings. The summed E-state index contributed by atoms with van der Waals surface area (Å²) in [5, 5.41) is 7.03. The smallest absolute Gasteiger partial charge is 0.227 e. The second-order valence-corrected chi connectivity index (χ2v) is 5.68. The molecule has 0 fully saturated rings. The first-order chi connectivity index (χ1) is 10.1.